The van der Waals surface area contributed by atoms with Gasteiger partial charge in [-0.25, -0.2) is 0 Å². The van der Waals surface area contributed by atoms with E-state index in [2.05, 4.69) is 14.9 Å². The molecule has 0 N–H and O–H groups in total. The molecule has 2 aromatic rings. The van der Waals surface area contributed by atoms with Crippen LogP contribution < -0.4 is 0 Å². The lowest BCUT2D eigenvalue weighted by molar-refractivity contribution is -0.137. The van der Waals surface area contributed by atoms with E-state index in [1.807, 2.05) is 7.05 Å². The van der Waals surface area contributed by atoms with Crippen molar-refractivity contribution in [1.82, 2.24) is 14.9 Å². The van der Waals surface area contributed by atoms with Gasteiger partial charge in [0.15, 0.2) is 0 Å². The predicted molar refractivity (Wildman–Crippen MR) is 94.5 cm³/mol. The molecule has 0 saturated heterocycles. The Hall–Kier alpha value is -1.95. The number of aromatic nitrogens is 2. The van der Waals surface area contributed by atoms with Crippen molar-refractivity contribution in [3.05, 3.63) is 59.7 Å². The van der Waals surface area contributed by atoms with Crippen molar-refractivity contribution in [2.75, 3.05) is 13.6 Å². The molecule has 1 heterocycles. The Kier molecular flexibility index (Phi) is 5.91. The summed E-state index contributed by atoms with van der Waals surface area (Å²) in [5, 5.41) is 0. The highest BCUT2D eigenvalue weighted by Gasteiger charge is 2.31. The van der Waals surface area contributed by atoms with Gasteiger partial charge in [-0.1, -0.05) is 31.4 Å². The molecular weight excluding hydrogens is 339 g/mol. The van der Waals surface area contributed by atoms with Crippen molar-refractivity contribution in [3.63, 3.8) is 0 Å². The van der Waals surface area contributed by atoms with Gasteiger partial charge in [0.1, 0.15) is 0 Å². The van der Waals surface area contributed by atoms with Crippen LogP contribution in [0.5, 0.6) is 0 Å². The first-order valence-electron chi connectivity index (χ1n) is 9.08. The van der Waals surface area contributed by atoms with Crippen LogP contribution in [0, 0.1) is 5.92 Å². The smallest absolute Gasteiger partial charge is 0.294 e. The second-order valence-corrected chi connectivity index (χ2v) is 7.10. The standard InChI is InChI=1S/C20H24F3N3/c1-26(14-15-5-3-2-4-6-15)19(18-13-24-11-12-25-18)16-7-9-17(10-8-16)20(21,22)23/h7-13,15,19H,2-6,14H2,1H3. The molecule has 1 saturated carbocycles. The first kappa shape index (κ1) is 18.8. The third-order valence-electron chi connectivity index (χ3n) is 5.13. The van der Waals surface area contributed by atoms with Gasteiger partial charge < -0.3 is 0 Å². The zero-order valence-corrected chi connectivity index (χ0v) is 14.9. The van der Waals surface area contributed by atoms with E-state index in [-0.39, 0.29) is 6.04 Å². The van der Waals surface area contributed by atoms with Gasteiger partial charge in [0.25, 0.3) is 0 Å². The molecule has 1 aliphatic carbocycles. The fourth-order valence-electron chi connectivity index (χ4n) is 3.84. The fourth-order valence-corrected chi connectivity index (χ4v) is 3.84. The highest BCUT2D eigenvalue weighted by Crippen LogP contribution is 2.33. The molecule has 3 nitrogen and oxygen atoms in total. The summed E-state index contributed by atoms with van der Waals surface area (Å²) < 4.78 is 38.6. The van der Waals surface area contributed by atoms with Crippen LogP contribution >= 0.6 is 0 Å². The van der Waals surface area contributed by atoms with Gasteiger partial charge in [-0.05, 0) is 43.5 Å². The minimum Gasteiger partial charge on any atom is -0.294 e. The Morgan fingerprint density at radius 1 is 1.08 bits per heavy atom. The molecule has 1 unspecified atom stereocenters. The Morgan fingerprint density at radius 3 is 2.35 bits per heavy atom. The Balaban J connectivity index is 1.86. The number of benzene rings is 1. The van der Waals surface area contributed by atoms with Gasteiger partial charge in [-0.2, -0.15) is 13.2 Å². The molecule has 6 heteroatoms. The molecule has 1 aliphatic rings. The molecule has 0 amide bonds. The van der Waals surface area contributed by atoms with Gasteiger partial charge in [0, 0.05) is 18.9 Å². The highest BCUT2D eigenvalue weighted by molar-refractivity contribution is 5.31. The lowest BCUT2D eigenvalue weighted by Crippen LogP contribution is -2.32. The predicted octanol–water partition coefficient (Wildman–Crippen LogP) is 5.10. The van der Waals surface area contributed by atoms with Gasteiger partial charge >= 0.3 is 6.18 Å². The lowest BCUT2D eigenvalue weighted by atomic mass is 9.88. The third-order valence-corrected chi connectivity index (χ3v) is 5.13. The molecule has 140 valence electrons. The van der Waals surface area contributed by atoms with Gasteiger partial charge in [0.05, 0.1) is 23.5 Å². The minimum absolute atomic E-state index is 0.201. The van der Waals surface area contributed by atoms with Crippen molar-refractivity contribution in [3.8, 4) is 0 Å². The van der Waals surface area contributed by atoms with E-state index < -0.39 is 11.7 Å². The average Bonchev–Trinajstić information content (AvgIpc) is 2.63. The summed E-state index contributed by atoms with van der Waals surface area (Å²) in [5.74, 6) is 0.627. The van der Waals surface area contributed by atoms with Crippen LogP contribution in [0.2, 0.25) is 0 Å². The van der Waals surface area contributed by atoms with Gasteiger partial charge in [0.2, 0.25) is 0 Å². The minimum atomic E-state index is -4.32. The summed E-state index contributed by atoms with van der Waals surface area (Å²) >= 11 is 0. The number of halogens is 3. The normalized spacial score (nSPS) is 17.4. The number of hydrogen-bond acceptors (Lipinski definition) is 3. The van der Waals surface area contributed by atoms with Crippen LogP contribution in [0.4, 0.5) is 13.2 Å². The summed E-state index contributed by atoms with van der Waals surface area (Å²) in [7, 11) is 2.02. The van der Waals surface area contributed by atoms with E-state index in [4.69, 9.17) is 0 Å². The van der Waals surface area contributed by atoms with Crippen LogP contribution in [-0.2, 0) is 6.18 Å². The van der Waals surface area contributed by atoms with E-state index in [1.165, 1.54) is 32.1 Å². The molecule has 1 aromatic carbocycles. The molecule has 0 spiro atoms. The molecule has 1 fully saturated rings. The number of hydrogen-bond donors (Lipinski definition) is 0. The van der Waals surface area contributed by atoms with Gasteiger partial charge in [-0.3, -0.25) is 14.9 Å². The Morgan fingerprint density at radius 2 is 1.77 bits per heavy atom. The second-order valence-electron chi connectivity index (χ2n) is 7.10. The largest absolute Gasteiger partial charge is 0.416 e. The zero-order valence-electron chi connectivity index (χ0n) is 14.9. The summed E-state index contributed by atoms with van der Waals surface area (Å²) in [6.07, 6.45) is 6.84. The average molecular weight is 363 g/mol. The molecule has 0 radical (unpaired) electrons. The molecule has 1 aromatic heterocycles. The van der Waals surface area contributed by atoms with E-state index in [1.54, 1.807) is 30.7 Å². The van der Waals surface area contributed by atoms with Crippen molar-refractivity contribution in [1.29, 1.82) is 0 Å². The lowest BCUT2D eigenvalue weighted by Gasteiger charge is -2.33. The summed E-state index contributed by atoms with van der Waals surface area (Å²) in [5.41, 5.74) is 0.927. The maximum atomic E-state index is 12.9. The maximum Gasteiger partial charge on any atom is 0.416 e. The van der Waals surface area contributed by atoms with Crippen LogP contribution in [-0.4, -0.2) is 28.5 Å². The van der Waals surface area contributed by atoms with Crippen molar-refractivity contribution >= 4 is 0 Å². The first-order valence-corrected chi connectivity index (χ1v) is 9.08. The van der Waals surface area contributed by atoms with Crippen LogP contribution in [0.15, 0.2) is 42.9 Å². The summed E-state index contributed by atoms with van der Waals surface area (Å²) in [6, 6.07) is 5.20. The Labute approximate surface area is 152 Å². The van der Waals surface area contributed by atoms with Crippen molar-refractivity contribution in [2.24, 2.45) is 5.92 Å². The number of alkyl halides is 3. The van der Waals surface area contributed by atoms with Crippen molar-refractivity contribution < 1.29 is 13.2 Å². The second kappa shape index (κ2) is 8.16. The fraction of sp³-hybridized carbons (Fsp3) is 0.500. The van der Waals surface area contributed by atoms with Crippen LogP contribution in [0.25, 0.3) is 0 Å². The Bertz CT molecular complexity index is 680. The monoisotopic (exact) mass is 363 g/mol. The number of rotatable bonds is 5. The topological polar surface area (TPSA) is 29.0 Å². The highest BCUT2D eigenvalue weighted by atomic mass is 19.4. The SMILES string of the molecule is CN(CC1CCCCC1)C(c1ccc(C(F)(F)F)cc1)c1cnccn1. The molecule has 0 bridgehead atoms. The van der Waals surface area contributed by atoms with E-state index in [0.717, 1.165) is 29.9 Å². The van der Waals surface area contributed by atoms with Crippen LogP contribution in [0.3, 0.4) is 0 Å². The number of nitrogens with zero attached hydrogens (tertiary/aromatic N) is 3. The van der Waals surface area contributed by atoms with Crippen molar-refractivity contribution in [2.45, 2.75) is 44.3 Å². The van der Waals surface area contributed by atoms with Crippen LogP contribution in [0.1, 0.15) is 55.0 Å². The molecule has 0 aliphatic heterocycles. The zero-order chi connectivity index (χ0) is 18.6. The summed E-state index contributed by atoms with van der Waals surface area (Å²) in [4.78, 5) is 10.8. The van der Waals surface area contributed by atoms with E-state index in [0.29, 0.717) is 5.92 Å². The molecule has 1 atom stereocenters. The maximum absolute atomic E-state index is 12.9. The summed E-state index contributed by atoms with van der Waals surface area (Å²) in [6.45, 7) is 0.905. The molecular formula is C20H24F3N3. The third kappa shape index (κ3) is 4.61. The van der Waals surface area contributed by atoms with E-state index >= 15 is 0 Å². The van der Waals surface area contributed by atoms with E-state index in [9.17, 15) is 13.2 Å². The molecule has 3 rings (SSSR count). The molecule has 26 heavy (non-hydrogen) atoms. The first-order chi connectivity index (χ1) is 12.4. The quantitative estimate of drug-likeness (QED) is 0.740. The van der Waals surface area contributed by atoms with Gasteiger partial charge in [-0.15, -0.1) is 0 Å².